The van der Waals surface area contributed by atoms with Crippen molar-refractivity contribution in [1.82, 2.24) is 9.78 Å². The summed E-state index contributed by atoms with van der Waals surface area (Å²) in [4.78, 5) is 0. The van der Waals surface area contributed by atoms with Crippen LogP contribution < -0.4 is 0 Å². The van der Waals surface area contributed by atoms with Gasteiger partial charge in [-0.25, -0.2) is 4.68 Å². The van der Waals surface area contributed by atoms with Crippen LogP contribution in [0.15, 0.2) is 71.2 Å². The summed E-state index contributed by atoms with van der Waals surface area (Å²) in [7, 11) is 0. The molecule has 140 valence electrons. The maximum atomic E-state index is 6.51. The predicted octanol–water partition coefficient (Wildman–Crippen LogP) is 8.24. The molecule has 0 N–H and O–H groups in total. The molecule has 4 rings (SSSR count). The van der Waals surface area contributed by atoms with E-state index in [-0.39, 0.29) is 0 Å². The third-order valence-electron chi connectivity index (χ3n) is 4.50. The Balaban J connectivity index is 1.99. The molecule has 0 aliphatic heterocycles. The number of aromatic nitrogens is 2. The molecule has 0 bridgehead atoms. The lowest BCUT2D eigenvalue weighted by atomic mass is 10.0. The summed E-state index contributed by atoms with van der Waals surface area (Å²) in [5.74, 6) is 0. The Morgan fingerprint density at radius 1 is 0.786 bits per heavy atom. The van der Waals surface area contributed by atoms with Crippen LogP contribution in [0.25, 0.3) is 28.2 Å². The number of halogens is 4. The van der Waals surface area contributed by atoms with Gasteiger partial charge < -0.3 is 0 Å². The highest BCUT2D eigenvalue weighted by Gasteiger charge is 2.20. The van der Waals surface area contributed by atoms with Crippen LogP contribution in [-0.2, 0) is 0 Å². The van der Waals surface area contributed by atoms with Crippen molar-refractivity contribution in [3.05, 3.63) is 91.8 Å². The fraction of sp³-hybridized carbons (Fsp3) is 0.0455. The molecule has 1 aromatic heterocycles. The van der Waals surface area contributed by atoms with Gasteiger partial charge in [-0.05, 0) is 49.4 Å². The predicted molar refractivity (Wildman–Crippen MR) is 122 cm³/mol. The summed E-state index contributed by atoms with van der Waals surface area (Å²) in [5, 5.41) is 6.72. The maximum Gasteiger partial charge on any atom is 0.0963 e. The Hall–Kier alpha value is -1.78. The van der Waals surface area contributed by atoms with Gasteiger partial charge in [0.15, 0.2) is 0 Å². The molecule has 0 unspecified atom stereocenters. The molecule has 0 aliphatic carbocycles. The minimum atomic E-state index is 0.538. The maximum absolute atomic E-state index is 6.51. The van der Waals surface area contributed by atoms with E-state index >= 15 is 0 Å². The van der Waals surface area contributed by atoms with Gasteiger partial charge in [0.2, 0.25) is 0 Å². The molecule has 0 amide bonds. The first-order valence-corrected chi connectivity index (χ1v) is 10.4. The molecule has 0 fully saturated rings. The fourth-order valence-corrected chi connectivity index (χ4v) is 4.03. The highest BCUT2D eigenvalue weighted by molar-refractivity contribution is 9.10. The Morgan fingerprint density at radius 2 is 1.39 bits per heavy atom. The Morgan fingerprint density at radius 3 is 2.04 bits per heavy atom. The quantitative estimate of drug-likeness (QED) is 0.282. The first-order valence-electron chi connectivity index (χ1n) is 8.51. The lowest BCUT2D eigenvalue weighted by Gasteiger charge is -2.11. The molecule has 0 aliphatic rings. The second kappa shape index (κ2) is 7.92. The van der Waals surface area contributed by atoms with E-state index in [4.69, 9.17) is 39.9 Å². The summed E-state index contributed by atoms with van der Waals surface area (Å²) >= 11 is 22.2. The molecular weight excluding hydrogens is 479 g/mol. The van der Waals surface area contributed by atoms with Crippen molar-refractivity contribution in [2.45, 2.75) is 6.92 Å². The van der Waals surface area contributed by atoms with Crippen molar-refractivity contribution >= 4 is 50.7 Å². The summed E-state index contributed by atoms with van der Waals surface area (Å²) in [5.41, 5.74) is 5.70. The average Bonchev–Trinajstić information content (AvgIpc) is 3.00. The van der Waals surface area contributed by atoms with Gasteiger partial charge in [0.1, 0.15) is 0 Å². The van der Waals surface area contributed by atoms with E-state index in [1.54, 1.807) is 6.07 Å². The van der Waals surface area contributed by atoms with Crippen LogP contribution in [0, 0.1) is 6.92 Å². The molecule has 0 spiro atoms. The van der Waals surface area contributed by atoms with E-state index < -0.39 is 0 Å². The third kappa shape index (κ3) is 3.72. The summed E-state index contributed by atoms with van der Waals surface area (Å²) in [6, 6.07) is 21.2. The monoisotopic (exact) mass is 490 g/mol. The van der Waals surface area contributed by atoms with Gasteiger partial charge in [-0.15, -0.1) is 0 Å². The van der Waals surface area contributed by atoms with E-state index in [0.29, 0.717) is 15.1 Å². The smallest absolute Gasteiger partial charge is 0.0963 e. The van der Waals surface area contributed by atoms with Crippen LogP contribution in [0.3, 0.4) is 0 Å². The second-order valence-electron chi connectivity index (χ2n) is 6.34. The Bertz CT molecular complexity index is 1150. The lowest BCUT2D eigenvalue weighted by Crippen LogP contribution is -2.00. The van der Waals surface area contributed by atoms with Crippen LogP contribution in [0.5, 0.6) is 0 Å². The van der Waals surface area contributed by atoms with E-state index in [9.17, 15) is 0 Å². The minimum Gasteiger partial charge on any atom is -0.231 e. The molecule has 3 aromatic carbocycles. The molecule has 0 radical (unpaired) electrons. The van der Waals surface area contributed by atoms with Gasteiger partial charge in [-0.1, -0.05) is 75.0 Å². The number of hydrogen-bond acceptors (Lipinski definition) is 1. The Kier molecular flexibility index (Phi) is 5.52. The van der Waals surface area contributed by atoms with Crippen molar-refractivity contribution in [3.63, 3.8) is 0 Å². The minimum absolute atomic E-state index is 0.538. The molecule has 0 saturated heterocycles. The van der Waals surface area contributed by atoms with Crippen LogP contribution in [0.4, 0.5) is 0 Å². The van der Waals surface area contributed by atoms with Crippen molar-refractivity contribution in [3.8, 4) is 28.2 Å². The fourth-order valence-electron chi connectivity index (χ4n) is 3.15. The van der Waals surface area contributed by atoms with Crippen molar-refractivity contribution in [2.75, 3.05) is 0 Å². The van der Waals surface area contributed by atoms with Crippen LogP contribution in [0.1, 0.15) is 5.56 Å². The van der Waals surface area contributed by atoms with Crippen molar-refractivity contribution < 1.29 is 0 Å². The van der Waals surface area contributed by atoms with E-state index in [1.165, 1.54) is 0 Å². The van der Waals surface area contributed by atoms with E-state index in [1.807, 2.05) is 53.2 Å². The lowest BCUT2D eigenvalue weighted by molar-refractivity contribution is 0.892. The molecular formula is C22H14BrCl3N2. The van der Waals surface area contributed by atoms with Gasteiger partial charge in [-0.2, -0.15) is 5.10 Å². The standard InChI is InChI=1S/C22H14BrCl3N2/c1-13-21(14-4-8-17(24)9-5-14)27-28(20-11-10-18(25)12-19(20)26)22(13)15-2-6-16(23)7-3-15/h2-12H,1H3. The molecule has 6 heteroatoms. The van der Waals surface area contributed by atoms with E-state index in [2.05, 4.69) is 35.0 Å². The molecule has 2 nitrogen and oxygen atoms in total. The van der Waals surface area contributed by atoms with Crippen LogP contribution in [-0.4, -0.2) is 9.78 Å². The Labute approximate surface area is 186 Å². The first kappa shape index (κ1) is 19.5. The molecule has 0 saturated carbocycles. The molecule has 28 heavy (non-hydrogen) atoms. The van der Waals surface area contributed by atoms with Crippen LogP contribution in [0.2, 0.25) is 15.1 Å². The molecule has 4 aromatic rings. The number of hydrogen-bond donors (Lipinski definition) is 0. The highest BCUT2D eigenvalue weighted by atomic mass is 79.9. The second-order valence-corrected chi connectivity index (χ2v) is 8.54. The highest BCUT2D eigenvalue weighted by Crippen LogP contribution is 2.36. The zero-order valence-electron chi connectivity index (χ0n) is 14.8. The zero-order valence-corrected chi connectivity index (χ0v) is 18.6. The SMILES string of the molecule is Cc1c(-c2ccc(Cl)cc2)nn(-c2ccc(Cl)cc2Cl)c1-c1ccc(Br)cc1. The van der Waals surface area contributed by atoms with Gasteiger partial charge in [0, 0.05) is 31.2 Å². The third-order valence-corrected chi connectivity index (χ3v) is 5.81. The largest absolute Gasteiger partial charge is 0.231 e. The summed E-state index contributed by atoms with van der Waals surface area (Å²) in [6.07, 6.45) is 0. The number of nitrogens with zero attached hydrogens (tertiary/aromatic N) is 2. The topological polar surface area (TPSA) is 17.8 Å². The normalized spacial score (nSPS) is 11.0. The average molecular weight is 493 g/mol. The van der Waals surface area contributed by atoms with Gasteiger partial charge >= 0.3 is 0 Å². The van der Waals surface area contributed by atoms with Gasteiger partial charge in [-0.3, -0.25) is 0 Å². The zero-order chi connectivity index (χ0) is 19.8. The van der Waals surface area contributed by atoms with Crippen molar-refractivity contribution in [2.24, 2.45) is 0 Å². The van der Waals surface area contributed by atoms with Gasteiger partial charge in [0.05, 0.1) is 22.1 Å². The first-order chi connectivity index (χ1) is 13.4. The number of rotatable bonds is 3. The van der Waals surface area contributed by atoms with E-state index in [0.717, 1.165) is 38.2 Å². The van der Waals surface area contributed by atoms with Gasteiger partial charge in [0.25, 0.3) is 0 Å². The number of benzene rings is 3. The summed E-state index contributed by atoms with van der Waals surface area (Å²) < 4.78 is 2.89. The molecule has 0 atom stereocenters. The van der Waals surface area contributed by atoms with Crippen molar-refractivity contribution in [1.29, 1.82) is 0 Å². The molecule has 1 heterocycles. The van der Waals surface area contributed by atoms with Crippen LogP contribution >= 0.6 is 50.7 Å². The summed E-state index contributed by atoms with van der Waals surface area (Å²) in [6.45, 7) is 2.06.